The summed E-state index contributed by atoms with van der Waals surface area (Å²) in [5.41, 5.74) is 0. The molecule has 0 unspecified atom stereocenters. The number of piperidine rings is 1. The third-order valence-electron chi connectivity index (χ3n) is 4.55. The van der Waals surface area contributed by atoms with E-state index in [1.807, 2.05) is 0 Å². The Balaban J connectivity index is 1.65. The molecule has 1 aromatic rings. The molecule has 1 aliphatic heterocycles. The summed E-state index contributed by atoms with van der Waals surface area (Å²) in [6, 6.07) is 3.66. The normalized spacial score (nSPS) is 24.5. The minimum Gasteiger partial charge on any atom is -0.353 e. The van der Waals surface area contributed by atoms with Crippen molar-refractivity contribution in [3.63, 3.8) is 0 Å². The molecular formula is C15H22N2O3S2. The highest BCUT2D eigenvalue weighted by molar-refractivity contribution is 7.91. The van der Waals surface area contributed by atoms with E-state index in [0.717, 1.165) is 25.7 Å². The van der Waals surface area contributed by atoms with E-state index in [2.05, 4.69) is 5.32 Å². The lowest BCUT2D eigenvalue weighted by Gasteiger charge is -2.31. The third kappa shape index (κ3) is 3.36. The van der Waals surface area contributed by atoms with Crippen molar-refractivity contribution in [2.75, 3.05) is 13.1 Å². The van der Waals surface area contributed by atoms with Crippen LogP contribution in [0.1, 0.15) is 38.5 Å². The van der Waals surface area contributed by atoms with Gasteiger partial charge in [-0.2, -0.15) is 4.31 Å². The summed E-state index contributed by atoms with van der Waals surface area (Å²) >= 11 is 1.23. The molecule has 122 valence electrons. The highest BCUT2D eigenvalue weighted by Gasteiger charge is 2.34. The SMILES string of the molecule is O=C(NC1CCCC1)[C@H]1CCCN(S(=O)(=O)c2cccs2)C1. The molecule has 0 radical (unpaired) electrons. The lowest BCUT2D eigenvalue weighted by molar-refractivity contribution is -0.126. The van der Waals surface area contributed by atoms with Crippen LogP contribution in [0.15, 0.2) is 21.7 Å². The highest BCUT2D eigenvalue weighted by Crippen LogP contribution is 2.27. The van der Waals surface area contributed by atoms with E-state index >= 15 is 0 Å². The van der Waals surface area contributed by atoms with Crippen molar-refractivity contribution < 1.29 is 13.2 Å². The van der Waals surface area contributed by atoms with Gasteiger partial charge in [-0.3, -0.25) is 4.79 Å². The van der Waals surface area contributed by atoms with Gasteiger partial charge >= 0.3 is 0 Å². The second-order valence-corrected chi connectivity index (χ2v) is 9.24. The zero-order valence-electron chi connectivity index (χ0n) is 12.5. The first-order valence-electron chi connectivity index (χ1n) is 7.91. The van der Waals surface area contributed by atoms with Crippen LogP contribution in [0, 0.1) is 5.92 Å². The fourth-order valence-corrected chi connectivity index (χ4v) is 5.97. The molecule has 5 nitrogen and oxygen atoms in total. The molecule has 2 aliphatic rings. The van der Waals surface area contributed by atoms with E-state index in [1.165, 1.54) is 28.5 Å². The molecule has 3 rings (SSSR count). The number of thiophene rings is 1. The van der Waals surface area contributed by atoms with Crippen LogP contribution in [0.2, 0.25) is 0 Å². The van der Waals surface area contributed by atoms with E-state index in [1.54, 1.807) is 17.5 Å². The zero-order chi connectivity index (χ0) is 15.6. The van der Waals surface area contributed by atoms with Gasteiger partial charge in [0, 0.05) is 19.1 Å². The predicted octanol–water partition coefficient (Wildman–Crippen LogP) is 2.21. The predicted molar refractivity (Wildman–Crippen MR) is 86.2 cm³/mol. The van der Waals surface area contributed by atoms with Crippen LogP contribution in [0.5, 0.6) is 0 Å². The van der Waals surface area contributed by atoms with Crippen LogP contribution in [0.4, 0.5) is 0 Å². The molecule has 2 fully saturated rings. The van der Waals surface area contributed by atoms with Crippen molar-refractivity contribution in [3.05, 3.63) is 17.5 Å². The first kappa shape index (κ1) is 16.0. The Kier molecular flexibility index (Phi) is 4.84. The molecular weight excluding hydrogens is 320 g/mol. The van der Waals surface area contributed by atoms with Gasteiger partial charge < -0.3 is 5.32 Å². The largest absolute Gasteiger partial charge is 0.353 e. The number of hydrogen-bond acceptors (Lipinski definition) is 4. The van der Waals surface area contributed by atoms with E-state index in [4.69, 9.17) is 0 Å². The van der Waals surface area contributed by atoms with Gasteiger partial charge in [0.2, 0.25) is 5.91 Å². The monoisotopic (exact) mass is 342 g/mol. The topological polar surface area (TPSA) is 66.5 Å². The Labute approximate surface area is 135 Å². The van der Waals surface area contributed by atoms with Crippen LogP contribution < -0.4 is 5.32 Å². The summed E-state index contributed by atoms with van der Waals surface area (Å²) in [6.07, 6.45) is 5.97. The standard InChI is InChI=1S/C15H22N2O3S2/c18-15(16-13-6-1-2-7-13)12-5-3-9-17(11-12)22(19,20)14-8-4-10-21-14/h4,8,10,12-13H,1-3,5-7,9,11H2,(H,16,18)/t12-/m0/s1. The van der Waals surface area contributed by atoms with Crippen molar-refractivity contribution in [2.45, 2.75) is 48.8 Å². The molecule has 1 N–H and O–H groups in total. The molecule has 0 bridgehead atoms. The van der Waals surface area contributed by atoms with Crippen molar-refractivity contribution >= 4 is 27.3 Å². The Hall–Kier alpha value is -0.920. The summed E-state index contributed by atoms with van der Waals surface area (Å²) in [5, 5.41) is 4.86. The number of nitrogens with one attached hydrogen (secondary N) is 1. The Bertz CT molecular complexity index is 607. The number of carbonyl (C=O) groups is 1. The quantitative estimate of drug-likeness (QED) is 0.912. The third-order valence-corrected chi connectivity index (χ3v) is 7.78. The number of rotatable bonds is 4. The summed E-state index contributed by atoms with van der Waals surface area (Å²) in [5.74, 6) is -0.193. The molecule has 0 spiro atoms. The number of amides is 1. The molecule has 1 aliphatic carbocycles. The van der Waals surface area contributed by atoms with Crippen LogP contribution in [0.3, 0.4) is 0 Å². The Morgan fingerprint density at radius 1 is 1.23 bits per heavy atom. The number of sulfonamides is 1. The van der Waals surface area contributed by atoms with E-state index in [0.29, 0.717) is 17.3 Å². The maximum Gasteiger partial charge on any atom is 0.252 e. The maximum atomic E-state index is 12.6. The fraction of sp³-hybridized carbons (Fsp3) is 0.667. The zero-order valence-corrected chi connectivity index (χ0v) is 14.2. The molecule has 1 aromatic heterocycles. The van der Waals surface area contributed by atoms with Gasteiger partial charge in [-0.15, -0.1) is 11.3 Å². The van der Waals surface area contributed by atoms with Crippen LogP contribution >= 0.6 is 11.3 Å². The first-order chi connectivity index (χ1) is 10.6. The molecule has 1 amide bonds. The second kappa shape index (κ2) is 6.68. The summed E-state index contributed by atoms with van der Waals surface area (Å²) in [7, 11) is -3.44. The second-order valence-electron chi connectivity index (χ2n) is 6.12. The highest BCUT2D eigenvalue weighted by atomic mass is 32.2. The minimum absolute atomic E-state index is 0.0259. The lowest BCUT2D eigenvalue weighted by Crippen LogP contribution is -2.47. The van der Waals surface area contributed by atoms with Crippen LogP contribution in [0.25, 0.3) is 0 Å². The van der Waals surface area contributed by atoms with E-state index in [9.17, 15) is 13.2 Å². The summed E-state index contributed by atoms with van der Waals surface area (Å²) in [6.45, 7) is 0.812. The fourth-order valence-electron chi connectivity index (χ4n) is 3.30. The van der Waals surface area contributed by atoms with Gasteiger partial charge in [-0.1, -0.05) is 18.9 Å². The molecule has 1 saturated carbocycles. The number of carbonyl (C=O) groups excluding carboxylic acids is 1. The van der Waals surface area contributed by atoms with Crippen LogP contribution in [-0.4, -0.2) is 37.8 Å². The van der Waals surface area contributed by atoms with Crippen molar-refractivity contribution in [3.8, 4) is 0 Å². The van der Waals surface area contributed by atoms with E-state index in [-0.39, 0.29) is 17.9 Å². The molecule has 1 saturated heterocycles. The Morgan fingerprint density at radius 3 is 2.68 bits per heavy atom. The summed E-state index contributed by atoms with van der Waals surface area (Å²) in [4.78, 5) is 12.4. The van der Waals surface area contributed by atoms with Gasteiger partial charge in [0.05, 0.1) is 5.92 Å². The smallest absolute Gasteiger partial charge is 0.252 e. The number of nitrogens with zero attached hydrogens (tertiary/aromatic N) is 1. The van der Waals surface area contributed by atoms with Crippen LogP contribution in [-0.2, 0) is 14.8 Å². The van der Waals surface area contributed by atoms with Crippen molar-refractivity contribution in [1.29, 1.82) is 0 Å². The molecule has 7 heteroatoms. The Morgan fingerprint density at radius 2 is 2.00 bits per heavy atom. The van der Waals surface area contributed by atoms with Gasteiger partial charge in [-0.25, -0.2) is 8.42 Å². The summed E-state index contributed by atoms with van der Waals surface area (Å²) < 4.78 is 27.0. The lowest BCUT2D eigenvalue weighted by atomic mass is 9.98. The first-order valence-corrected chi connectivity index (χ1v) is 10.2. The van der Waals surface area contributed by atoms with E-state index < -0.39 is 10.0 Å². The average molecular weight is 342 g/mol. The van der Waals surface area contributed by atoms with Crippen molar-refractivity contribution in [1.82, 2.24) is 9.62 Å². The average Bonchev–Trinajstić information content (AvgIpc) is 3.21. The van der Waals surface area contributed by atoms with Gasteiger partial charge in [-0.05, 0) is 37.1 Å². The molecule has 1 atom stereocenters. The minimum atomic E-state index is -3.44. The molecule has 2 heterocycles. The maximum absolute atomic E-state index is 12.6. The van der Waals surface area contributed by atoms with Gasteiger partial charge in [0.25, 0.3) is 10.0 Å². The number of hydrogen-bond donors (Lipinski definition) is 1. The van der Waals surface area contributed by atoms with Gasteiger partial charge in [0.1, 0.15) is 4.21 Å². The molecule has 0 aromatic carbocycles. The van der Waals surface area contributed by atoms with Gasteiger partial charge in [0.15, 0.2) is 0 Å². The molecule has 22 heavy (non-hydrogen) atoms. The van der Waals surface area contributed by atoms with Crippen molar-refractivity contribution in [2.24, 2.45) is 5.92 Å².